The highest BCUT2D eigenvalue weighted by atomic mass is 32.2. The van der Waals surface area contributed by atoms with E-state index in [-0.39, 0.29) is 22.8 Å². The van der Waals surface area contributed by atoms with Gasteiger partial charge in [0.05, 0.1) is 31.1 Å². The first kappa shape index (κ1) is 30.3. The van der Waals surface area contributed by atoms with Crippen LogP contribution < -0.4 is 0 Å². The van der Waals surface area contributed by atoms with Gasteiger partial charge in [-0.15, -0.1) is 11.8 Å². The first-order valence-corrected chi connectivity index (χ1v) is 13.5. The number of allylic oxidation sites excluding steroid dienone is 1. The number of hydrogen-bond donors (Lipinski definition) is 0. The molecule has 2 aromatic rings. The number of ketones is 1. The molecule has 0 radical (unpaired) electrons. The second-order valence-electron chi connectivity index (χ2n) is 8.76. The topological polar surface area (TPSA) is 52.6 Å². The van der Waals surface area contributed by atoms with E-state index in [0.29, 0.717) is 44.0 Å². The van der Waals surface area contributed by atoms with Gasteiger partial charge >= 0.3 is 5.97 Å². The fourth-order valence-corrected chi connectivity index (χ4v) is 4.40. The Bertz CT molecular complexity index is 1090. The molecule has 0 saturated carbocycles. The second kappa shape index (κ2) is 16.7. The van der Waals surface area contributed by atoms with Crippen molar-refractivity contribution in [3.05, 3.63) is 107 Å². The number of hydrogen-bond acceptors (Lipinski definition) is 5. The summed E-state index contributed by atoms with van der Waals surface area (Å²) in [6, 6.07) is 11.7. The molecule has 4 nitrogen and oxygen atoms in total. The van der Waals surface area contributed by atoms with Gasteiger partial charge in [-0.2, -0.15) is 0 Å². The van der Waals surface area contributed by atoms with Crippen LogP contribution in [0.5, 0.6) is 0 Å². The average Bonchev–Trinajstić information content (AvgIpc) is 2.88. The molecule has 1 atom stereocenters. The van der Waals surface area contributed by atoms with Gasteiger partial charge in [0.1, 0.15) is 11.6 Å². The molecule has 0 aliphatic heterocycles. The number of aryl methyl sites for hydroxylation is 1. The third-order valence-corrected chi connectivity index (χ3v) is 6.86. The van der Waals surface area contributed by atoms with Crippen molar-refractivity contribution in [2.24, 2.45) is 0 Å². The van der Waals surface area contributed by atoms with Crippen LogP contribution in [0.2, 0.25) is 0 Å². The van der Waals surface area contributed by atoms with Crippen LogP contribution in [0.15, 0.2) is 78.9 Å². The number of thioether (sulfide) groups is 1. The average molecular weight is 525 g/mol. The zero-order chi connectivity index (χ0) is 27.0. The first-order chi connectivity index (χ1) is 17.8. The lowest BCUT2D eigenvalue weighted by Crippen LogP contribution is -2.10. The molecule has 6 heteroatoms. The van der Waals surface area contributed by atoms with Crippen molar-refractivity contribution in [1.29, 1.82) is 0 Å². The molecule has 0 aliphatic carbocycles. The van der Waals surface area contributed by atoms with E-state index in [9.17, 15) is 14.0 Å². The van der Waals surface area contributed by atoms with Gasteiger partial charge in [0.2, 0.25) is 0 Å². The van der Waals surface area contributed by atoms with Crippen molar-refractivity contribution in [3.8, 4) is 0 Å². The van der Waals surface area contributed by atoms with Crippen molar-refractivity contribution < 1.29 is 23.5 Å². The molecule has 0 aliphatic rings. The molecular formula is C31H37FO4S. The van der Waals surface area contributed by atoms with Crippen LogP contribution in [-0.4, -0.2) is 37.3 Å². The maximum absolute atomic E-state index is 13.1. The van der Waals surface area contributed by atoms with E-state index < -0.39 is 0 Å². The monoisotopic (exact) mass is 524 g/mol. The quantitative estimate of drug-likeness (QED) is 0.0992. The van der Waals surface area contributed by atoms with Gasteiger partial charge in [0.25, 0.3) is 0 Å². The molecule has 37 heavy (non-hydrogen) atoms. The normalized spacial score (nSPS) is 12.2. The highest BCUT2D eigenvalue weighted by Crippen LogP contribution is 2.28. The Labute approximate surface area is 224 Å². The Kier molecular flexibility index (Phi) is 13.7. The Balaban J connectivity index is 1.69. The summed E-state index contributed by atoms with van der Waals surface area (Å²) >= 11 is 1.53. The molecule has 0 fully saturated rings. The van der Waals surface area contributed by atoms with Crippen molar-refractivity contribution in [2.45, 2.75) is 45.3 Å². The number of esters is 1. The lowest BCUT2D eigenvalue weighted by molar-refractivity contribution is -0.116. The van der Waals surface area contributed by atoms with Gasteiger partial charge < -0.3 is 9.47 Å². The van der Waals surface area contributed by atoms with E-state index in [1.54, 1.807) is 24.3 Å². The fourth-order valence-electron chi connectivity index (χ4n) is 3.51. The highest BCUT2D eigenvalue weighted by Gasteiger charge is 2.13. The molecule has 1 unspecified atom stereocenters. The highest BCUT2D eigenvalue weighted by molar-refractivity contribution is 8.00. The van der Waals surface area contributed by atoms with Crippen LogP contribution in [0.25, 0.3) is 0 Å². The van der Waals surface area contributed by atoms with E-state index in [4.69, 9.17) is 9.47 Å². The lowest BCUT2D eigenvalue weighted by Gasteiger charge is -2.12. The number of rotatable bonds is 16. The molecule has 0 bridgehead atoms. The predicted octanol–water partition coefficient (Wildman–Crippen LogP) is 7.38. The van der Waals surface area contributed by atoms with Gasteiger partial charge in [-0.25, -0.2) is 9.18 Å². The van der Waals surface area contributed by atoms with Gasteiger partial charge in [0.15, 0.2) is 0 Å². The number of carbonyl (C=O) groups is 2. The van der Waals surface area contributed by atoms with E-state index in [1.807, 2.05) is 51.1 Å². The number of Topliss-reactive ketones (excluding diaryl/α,β-unsaturated/α-hetero) is 1. The fraction of sp³-hybridized carbons (Fsp3) is 0.355. The molecule has 0 heterocycles. The number of halogens is 1. The number of carbonyl (C=O) groups excluding carboxylic acids is 2. The van der Waals surface area contributed by atoms with Crippen LogP contribution in [0.1, 0.15) is 59.0 Å². The van der Waals surface area contributed by atoms with E-state index >= 15 is 0 Å². The SMILES string of the molecule is C=C(/C=C\C)COCC/C=C\CCOC(=O)c1ccc(CC(=O)CSC(C)c2ccc(F)cc2)c(C)c1. The summed E-state index contributed by atoms with van der Waals surface area (Å²) in [5.41, 5.74) is 4.20. The first-order valence-electron chi connectivity index (χ1n) is 12.5. The van der Waals surface area contributed by atoms with Crippen LogP contribution in [0.3, 0.4) is 0 Å². The summed E-state index contributed by atoms with van der Waals surface area (Å²) in [5, 5.41) is 0.0969. The van der Waals surface area contributed by atoms with E-state index in [0.717, 1.165) is 28.7 Å². The number of ether oxygens (including phenoxy) is 2. The van der Waals surface area contributed by atoms with Gasteiger partial charge in [-0.05, 0) is 80.1 Å². The van der Waals surface area contributed by atoms with Crippen LogP contribution in [0, 0.1) is 12.7 Å². The van der Waals surface area contributed by atoms with E-state index in [1.165, 1.54) is 23.9 Å². The maximum Gasteiger partial charge on any atom is 0.338 e. The smallest absolute Gasteiger partial charge is 0.338 e. The largest absolute Gasteiger partial charge is 0.462 e. The summed E-state index contributed by atoms with van der Waals surface area (Å²) in [6.45, 7) is 11.2. The molecule has 0 spiro atoms. The zero-order valence-corrected chi connectivity index (χ0v) is 22.8. The van der Waals surface area contributed by atoms with Crippen molar-refractivity contribution >= 4 is 23.5 Å². The minimum Gasteiger partial charge on any atom is -0.462 e. The Hall–Kier alpha value is -2.96. The van der Waals surface area contributed by atoms with Gasteiger partial charge in [0, 0.05) is 11.7 Å². The van der Waals surface area contributed by atoms with Gasteiger partial charge in [-0.3, -0.25) is 4.79 Å². The molecule has 2 rings (SSSR count). The number of benzene rings is 2. The minimum atomic E-state index is -0.371. The molecule has 2 aromatic carbocycles. The summed E-state index contributed by atoms with van der Waals surface area (Å²) in [4.78, 5) is 24.9. The maximum atomic E-state index is 13.1. The van der Waals surface area contributed by atoms with Gasteiger partial charge in [-0.1, -0.05) is 49.1 Å². The van der Waals surface area contributed by atoms with Crippen LogP contribution in [-0.2, 0) is 20.7 Å². The summed E-state index contributed by atoms with van der Waals surface area (Å²) in [6.07, 6.45) is 9.59. The summed E-state index contributed by atoms with van der Waals surface area (Å²) in [5.74, 6) is -0.162. The Morgan fingerprint density at radius 2 is 1.78 bits per heavy atom. The molecule has 0 aromatic heterocycles. The van der Waals surface area contributed by atoms with Crippen LogP contribution in [0.4, 0.5) is 4.39 Å². The van der Waals surface area contributed by atoms with Crippen molar-refractivity contribution in [1.82, 2.24) is 0 Å². The third-order valence-electron chi connectivity index (χ3n) is 5.60. The van der Waals surface area contributed by atoms with Crippen LogP contribution >= 0.6 is 11.8 Å². The second-order valence-corrected chi connectivity index (χ2v) is 10.1. The minimum absolute atomic E-state index is 0.0969. The summed E-state index contributed by atoms with van der Waals surface area (Å²) < 4.78 is 24.0. The van der Waals surface area contributed by atoms with Crippen molar-refractivity contribution in [2.75, 3.05) is 25.6 Å². The van der Waals surface area contributed by atoms with E-state index in [2.05, 4.69) is 6.58 Å². The van der Waals surface area contributed by atoms with Crippen molar-refractivity contribution in [3.63, 3.8) is 0 Å². The molecule has 198 valence electrons. The third kappa shape index (κ3) is 11.8. The molecule has 0 saturated heterocycles. The Morgan fingerprint density at radius 3 is 2.46 bits per heavy atom. The standard InChI is InChI=1S/C31H37FO4S/c1-5-10-23(2)21-35-17-8-6-7-9-18-36-31(34)28-12-11-27(24(3)19-28)20-30(33)22-37-25(4)26-13-15-29(32)16-14-26/h5-7,10-16,19,25H,2,8-9,17-18,20-22H2,1,3-4H3/b7-6-,10-5-. The molecular weight excluding hydrogens is 487 g/mol. The Morgan fingerprint density at radius 1 is 1.08 bits per heavy atom. The predicted molar refractivity (Wildman–Crippen MR) is 151 cm³/mol. The summed E-state index contributed by atoms with van der Waals surface area (Å²) in [7, 11) is 0. The molecule has 0 amide bonds. The zero-order valence-electron chi connectivity index (χ0n) is 22.0. The lowest BCUT2D eigenvalue weighted by atomic mass is 10.0. The molecule has 0 N–H and O–H groups in total.